The molecule has 0 unspecified atom stereocenters. The molecule has 0 fully saturated rings. The van der Waals surface area contributed by atoms with E-state index in [1.54, 1.807) is 11.8 Å². The molecule has 0 saturated carbocycles. The zero-order valence-electron chi connectivity index (χ0n) is 8.57. The fourth-order valence-corrected chi connectivity index (χ4v) is 2.21. The van der Waals surface area contributed by atoms with Crippen LogP contribution in [-0.4, -0.2) is 0 Å². The Morgan fingerprint density at radius 1 is 1.50 bits per heavy atom. The molecule has 0 nitrogen and oxygen atoms in total. The van der Waals surface area contributed by atoms with Crippen LogP contribution in [0.5, 0.6) is 0 Å². The quantitative estimate of drug-likeness (QED) is 0.603. The molecule has 0 aliphatic heterocycles. The van der Waals surface area contributed by atoms with Crippen molar-refractivity contribution in [3.63, 3.8) is 0 Å². The summed E-state index contributed by atoms with van der Waals surface area (Å²) in [6.07, 6.45) is 17.1. The number of hydrogen-bond acceptors (Lipinski definition) is 1. The fourth-order valence-electron chi connectivity index (χ4n) is 1.21. The molecule has 1 aliphatic rings. The monoisotopic (exact) mass is 204 g/mol. The van der Waals surface area contributed by atoms with E-state index in [-0.39, 0.29) is 0 Å². The summed E-state index contributed by atoms with van der Waals surface area (Å²) in [6, 6.07) is 0. The van der Waals surface area contributed by atoms with Crippen molar-refractivity contribution in [1.82, 2.24) is 0 Å². The lowest BCUT2D eigenvalue weighted by atomic mass is 10.2. The predicted molar refractivity (Wildman–Crippen MR) is 67.1 cm³/mol. The van der Waals surface area contributed by atoms with E-state index in [0.29, 0.717) is 0 Å². The minimum atomic E-state index is 1.16. The van der Waals surface area contributed by atoms with Gasteiger partial charge in [0.05, 0.1) is 0 Å². The molecular weight excluding hydrogens is 188 g/mol. The van der Waals surface area contributed by atoms with Crippen LogP contribution in [0.4, 0.5) is 0 Å². The molecule has 1 aliphatic carbocycles. The molecule has 0 N–H and O–H groups in total. The van der Waals surface area contributed by atoms with E-state index in [1.807, 2.05) is 19.1 Å². The second kappa shape index (κ2) is 6.50. The molecule has 0 radical (unpaired) electrons. The summed E-state index contributed by atoms with van der Waals surface area (Å²) in [7, 11) is 0. The van der Waals surface area contributed by atoms with Gasteiger partial charge in [-0.3, -0.25) is 0 Å². The van der Waals surface area contributed by atoms with Crippen molar-refractivity contribution in [2.75, 3.05) is 0 Å². The van der Waals surface area contributed by atoms with Crippen LogP contribution in [0.1, 0.15) is 19.8 Å². The maximum absolute atomic E-state index is 3.71. The molecule has 0 saturated heterocycles. The van der Waals surface area contributed by atoms with Crippen LogP contribution in [0.15, 0.2) is 58.9 Å². The fraction of sp³-hybridized carbons (Fsp3) is 0.231. The smallest absolute Gasteiger partial charge is 0.0118 e. The first-order valence-corrected chi connectivity index (χ1v) is 5.68. The van der Waals surface area contributed by atoms with Crippen LogP contribution in [-0.2, 0) is 0 Å². The van der Waals surface area contributed by atoms with Gasteiger partial charge in [-0.05, 0) is 25.8 Å². The summed E-state index contributed by atoms with van der Waals surface area (Å²) < 4.78 is 0. The molecular formula is C13H16S. The summed E-state index contributed by atoms with van der Waals surface area (Å²) >= 11 is 1.79. The highest BCUT2D eigenvalue weighted by atomic mass is 32.2. The van der Waals surface area contributed by atoms with Crippen molar-refractivity contribution in [1.29, 1.82) is 0 Å². The van der Waals surface area contributed by atoms with Gasteiger partial charge in [-0.25, -0.2) is 0 Å². The third-order valence-corrected chi connectivity index (χ3v) is 2.86. The average Bonchev–Trinajstić information content (AvgIpc) is 2.20. The Labute approximate surface area is 90.8 Å². The minimum absolute atomic E-state index is 1.16. The van der Waals surface area contributed by atoms with E-state index in [4.69, 9.17) is 0 Å². The molecule has 0 heterocycles. The highest BCUT2D eigenvalue weighted by molar-refractivity contribution is 8.07. The third-order valence-electron chi connectivity index (χ3n) is 1.81. The number of allylic oxidation sites excluding steroid dienone is 7. The summed E-state index contributed by atoms with van der Waals surface area (Å²) in [4.78, 5) is 2.57. The SMILES string of the molecule is C=C/C=C(\C=C/C)SC1=CCCC=C1. The van der Waals surface area contributed by atoms with Gasteiger partial charge in [0.2, 0.25) is 0 Å². The Balaban J connectivity index is 2.64. The van der Waals surface area contributed by atoms with E-state index in [2.05, 4.69) is 37.0 Å². The van der Waals surface area contributed by atoms with Gasteiger partial charge in [0.15, 0.2) is 0 Å². The van der Waals surface area contributed by atoms with Crippen molar-refractivity contribution in [2.24, 2.45) is 0 Å². The Kier molecular flexibility index (Phi) is 5.16. The molecule has 1 heteroatoms. The Morgan fingerprint density at radius 2 is 2.36 bits per heavy atom. The van der Waals surface area contributed by atoms with Crippen LogP contribution in [0.3, 0.4) is 0 Å². The van der Waals surface area contributed by atoms with Crippen molar-refractivity contribution < 1.29 is 0 Å². The third kappa shape index (κ3) is 3.84. The Hall–Kier alpha value is -0.950. The van der Waals surface area contributed by atoms with Crippen molar-refractivity contribution >= 4 is 11.8 Å². The summed E-state index contributed by atoms with van der Waals surface area (Å²) in [5.41, 5.74) is 0. The lowest BCUT2D eigenvalue weighted by Gasteiger charge is -2.06. The molecule has 14 heavy (non-hydrogen) atoms. The highest BCUT2D eigenvalue weighted by Crippen LogP contribution is 2.29. The van der Waals surface area contributed by atoms with Gasteiger partial charge in [-0.1, -0.05) is 54.8 Å². The summed E-state index contributed by atoms with van der Waals surface area (Å²) in [5, 5.41) is 0. The maximum atomic E-state index is 3.71. The van der Waals surface area contributed by atoms with Crippen LogP contribution in [0.25, 0.3) is 0 Å². The standard InChI is InChI=1S/C13H16S/c1-3-8-12(9-4-2)14-13-10-6-5-7-11-13/h3-4,6,8-11H,1,5,7H2,2H3/b9-4-,12-8+. The van der Waals surface area contributed by atoms with Crippen molar-refractivity contribution in [3.8, 4) is 0 Å². The topological polar surface area (TPSA) is 0 Å². The number of thioether (sulfide) groups is 1. The molecule has 0 aromatic carbocycles. The average molecular weight is 204 g/mol. The summed E-state index contributed by atoms with van der Waals surface area (Å²) in [6.45, 7) is 5.75. The molecule has 74 valence electrons. The Morgan fingerprint density at radius 3 is 2.93 bits per heavy atom. The van der Waals surface area contributed by atoms with Crippen molar-refractivity contribution in [2.45, 2.75) is 19.8 Å². The van der Waals surface area contributed by atoms with Gasteiger partial charge >= 0.3 is 0 Å². The van der Waals surface area contributed by atoms with Gasteiger partial charge in [0.1, 0.15) is 0 Å². The van der Waals surface area contributed by atoms with E-state index in [9.17, 15) is 0 Å². The summed E-state index contributed by atoms with van der Waals surface area (Å²) in [5.74, 6) is 0. The molecule has 0 aromatic rings. The van der Waals surface area contributed by atoms with E-state index in [0.717, 1.165) is 6.42 Å². The minimum Gasteiger partial charge on any atom is -0.0990 e. The largest absolute Gasteiger partial charge is 0.0990 e. The second-order valence-electron chi connectivity index (χ2n) is 2.99. The second-order valence-corrected chi connectivity index (χ2v) is 4.14. The molecule has 0 aromatic heterocycles. The zero-order chi connectivity index (χ0) is 10.2. The van der Waals surface area contributed by atoms with Crippen LogP contribution >= 0.6 is 11.8 Å². The molecule has 0 atom stereocenters. The normalized spacial score (nSPS) is 17.2. The van der Waals surface area contributed by atoms with Crippen molar-refractivity contribution in [3.05, 3.63) is 58.9 Å². The molecule has 1 rings (SSSR count). The van der Waals surface area contributed by atoms with E-state index >= 15 is 0 Å². The lowest BCUT2D eigenvalue weighted by molar-refractivity contribution is 1.03. The molecule has 0 amide bonds. The van der Waals surface area contributed by atoms with Crippen LogP contribution < -0.4 is 0 Å². The Bertz CT molecular complexity index is 303. The first kappa shape index (κ1) is 11.1. The highest BCUT2D eigenvalue weighted by Gasteiger charge is 1.99. The van der Waals surface area contributed by atoms with Gasteiger partial charge in [0.25, 0.3) is 0 Å². The first-order chi connectivity index (χ1) is 6.86. The van der Waals surface area contributed by atoms with E-state index < -0.39 is 0 Å². The van der Waals surface area contributed by atoms with Gasteiger partial charge < -0.3 is 0 Å². The first-order valence-electron chi connectivity index (χ1n) is 4.87. The van der Waals surface area contributed by atoms with Crippen LogP contribution in [0, 0.1) is 0 Å². The van der Waals surface area contributed by atoms with Gasteiger partial charge in [0, 0.05) is 9.81 Å². The van der Waals surface area contributed by atoms with Gasteiger partial charge in [-0.15, -0.1) is 0 Å². The lowest BCUT2D eigenvalue weighted by Crippen LogP contribution is -1.80. The van der Waals surface area contributed by atoms with Crippen LogP contribution in [0.2, 0.25) is 0 Å². The molecule has 0 spiro atoms. The van der Waals surface area contributed by atoms with E-state index in [1.165, 1.54) is 16.2 Å². The number of hydrogen-bond donors (Lipinski definition) is 0. The maximum Gasteiger partial charge on any atom is 0.0118 e. The predicted octanol–water partition coefficient (Wildman–Crippen LogP) is 4.60. The molecule has 0 bridgehead atoms. The number of rotatable bonds is 4. The van der Waals surface area contributed by atoms with Gasteiger partial charge in [-0.2, -0.15) is 0 Å². The zero-order valence-corrected chi connectivity index (χ0v) is 9.39.